The fraction of sp³-hybridized carbons (Fsp3) is 0.133. The topological polar surface area (TPSA) is 60.2 Å². The molecule has 0 spiro atoms. The van der Waals surface area contributed by atoms with Crippen LogP contribution in [0, 0.1) is 17.0 Å². The molecular weight excluding hydrogens is 322 g/mol. The quantitative estimate of drug-likeness (QED) is 0.481. The van der Waals surface area contributed by atoms with Crippen LogP contribution in [-0.4, -0.2) is 10.7 Å². The highest BCUT2D eigenvalue weighted by molar-refractivity contribution is 9.10. The molecule has 2 rings (SSSR count). The Labute approximate surface area is 124 Å². The summed E-state index contributed by atoms with van der Waals surface area (Å²) in [6, 6.07) is 11.5. The normalized spacial score (nSPS) is 10.3. The summed E-state index contributed by atoms with van der Waals surface area (Å²) in [5.74, 6) is -0.00217. The van der Waals surface area contributed by atoms with Gasteiger partial charge in [-0.3, -0.25) is 14.9 Å². The van der Waals surface area contributed by atoms with Crippen molar-refractivity contribution >= 4 is 27.4 Å². The van der Waals surface area contributed by atoms with Gasteiger partial charge < -0.3 is 0 Å². The van der Waals surface area contributed by atoms with Gasteiger partial charge in [-0.25, -0.2) is 0 Å². The smallest absolute Gasteiger partial charge is 0.269 e. The summed E-state index contributed by atoms with van der Waals surface area (Å²) in [4.78, 5) is 22.4. The largest absolute Gasteiger partial charge is 0.294 e. The highest BCUT2D eigenvalue weighted by atomic mass is 79.9. The van der Waals surface area contributed by atoms with Crippen LogP contribution in [0.2, 0.25) is 0 Å². The van der Waals surface area contributed by atoms with Crippen LogP contribution in [0.5, 0.6) is 0 Å². The lowest BCUT2D eigenvalue weighted by Crippen LogP contribution is -2.06. The molecule has 0 unspecified atom stereocenters. The first kappa shape index (κ1) is 14.4. The number of non-ortho nitro benzene ring substituents is 1. The fourth-order valence-electron chi connectivity index (χ4n) is 1.93. The van der Waals surface area contributed by atoms with Gasteiger partial charge in [0, 0.05) is 28.6 Å². The number of nitrogens with zero attached hydrogens (tertiary/aromatic N) is 1. The van der Waals surface area contributed by atoms with Crippen LogP contribution in [-0.2, 0) is 6.42 Å². The molecule has 0 saturated heterocycles. The third-order valence-corrected chi connectivity index (χ3v) is 3.94. The predicted octanol–water partition coefficient (Wildman–Crippen LogP) is 4.09. The fourth-order valence-corrected chi connectivity index (χ4v) is 2.29. The highest BCUT2D eigenvalue weighted by Crippen LogP contribution is 2.21. The van der Waals surface area contributed by atoms with E-state index in [9.17, 15) is 14.9 Å². The Morgan fingerprint density at radius 1 is 1.20 bits per heavy atom. The number of hydrogen-bond donors (Lipinski definition) is 0. The van der Waals surface area contributed by atoms with E-state index in [0.717, 1.165) is 15.6 Å². The molecule has 0 heterocycles. The van der Waals surface area contributed by atoms with E-state index in [-0.39, 0.29) is 17.9 Å². The van der Waals surface area contributed by atoms with Crippen molar-refractivity contribution in [2.75, 3.05) is 0 Å². The number of nitro groups is 1. The molecule has 0 radical (unpaired) electrons. The molecule has 0 aliphatic heterocycles. The summed E-state index contributed by atoms with van der Waals surface area (Å²) >= 11 is 3.40. The second-order valence-corrected chi connectivity index (χ2v) is 5.29. The maximum absolute atomic E-state index is 12.3. The van der Waals surface area contributed by atoms with Crippen molar-refractivity contribution in [1.29, 1.82) is 0 Å². The SMILES string of the molecule is Cc1c(Br)cccc1C(=O)Cc1ccc([N+](=O)[O-])cc1. The van der Waals surface area contributed by atoms with Gasteiger partial charge in [0.2, 0.25) is 0 Å². The van der Waals surface area contributed by atoms with Gasteiger partial charge >= 0.3 is 0 Å². The summed E-state index contributed by atoms with van der Waals surface area (Å²) in [6.45, 7) is 1.88. The second kappa shape index (κ2) is 5.96. The molecule has 0 fully saturated rings. The van der Waals surface area contributed by atoms with Gasteiger partial charge in [-0.2, -0.15) is 0 Å². The van der Waals surface area contributed by atoms with Crippen molar-refractivity contribution in [3.8, 4) is 0 Å². The minimum absolute atomic E-state index is 0.00217. The molecule has 0 atom stereocenters. The first-order chi connectivity index (χ1) is 9.49. The van der Waals surface area contributed by atoms with Gasteiger partial charge in [-0.05, 0) is 24.1 Å². The van der Waals surface area contributed by atoms with Crippen LogP contribution < -0.4 is 0 Å². The van der Waals surface area contributed by atoms with Crippen molar-refractivity contribution in [3.63, 3.8) is 0 Å². The minimum atomic E-state index is -0.454. The average molecular weight is 334 g/mol. The minimum Gasteiger partial charge on any atom is -0.294 e. The first-order valence-electron chi connectivity index (χ1n) is 6.00. The number of Topliss-reactive ketones (excluding diaryl/α,β-unsaturated/α-hetero) is 1. The monoisotopic (exact) mass is 333 g/mol. The van der Waals surface area contributed by atoms with Crippen LogP contribution in [0.25, 0.3) is 0 Å². The molecule has 0 bridgehead atoms. The second-order valence-electron chi connectivity index (χ2n) is 4.44. The molecule has 5 heteroatoms. The Bertz CT molecular complexity index is 665. The van der Waals surface area contributed by atoms with E-state index in [1.165, 1.54) is 12.1 Å². The number of ketones is 1. The van der Waals surface area contributed by atoms with E-state index in [0.29, 0.717) is 5.56 Å². The van der Waals surface area contributed by atoms with Crippen molar-refractivity contribution in [3.05, 3.63) is 73.7 Å². The van der Waals surface area contributed by atoms with E-state index in [1.54, 1.807) is 18.2 Å². The number of nitro benzene ring substituents is 1. The molecule has 2 aromatic carbocycles. The zero-order valence-electron chi connectivity index (χ0n) is 10.8. The van der Waals surface area contributed by atoms with Crippen molar-refractivity contribution in [2.45, 2.75) is 13.3 Å². The van der Waals surface area contributed by atoms with Crippen LogP contribution in [0.3, 0.4) is 0 Å². The van der Waals surface area contributed by atoms with E-state index < -0.39 is 4.92 Å². The lowest BCUT2D eigenvalue weighted by molar-refractivity contribution is -0.384. The van der Waals surface area contributed by atoms with Crippen LogP contribution in [0.15, 0.2) is 46.9 Å². The first-order valence-corrected chi connectivity index (χ1v) is 6.80. The van der Waals surface area contributed by atoms with E-state index >= 15 is 0 Å². The van der Waals surface area contributed by atoms with Gasteiger partial charge in [0.05, 0.1) is 4.92 Å². The summed E-state index contributed by atoms with van der Waals surface area (Å²) in [7, 11) is 0. The Hall–Kier alpha value is -2.01. The van der Waals surface area contributed by atoms with Gasteiger partial charge in [-0.15, -0.1) is 0 Å². The molecule has 20 heavy (non-hydrogen) atoms. The summed E-state index contributed by atoms with van der Waals surface area (Å²) < 4.78 is 0.895. The van der Waals surface area contributed by atoms with Crippen LogP contribution >= 0.6 is 15.9 Å². The zero-order valence-corrected chi connectivity index (χ0v) is 12.4. The molecule has 4 nitrogen and oxygen atoms in total. The molecule has 0 aromatic heterocycles. The van der Waals surface area contributed by atoms with Crippen molar-refractivity contribution in [1.82, 2.24) is 0 Å². The number of benzene rings is 2. The van der Waals surface area contributed by atoms with Gasteiger partial charge in [0.1, 0.15) is 0 Å². The number of halogens is 1. The molecule has 2 aromatic rings. The van der Waals surface area contributed by atoms with Crippen LogP contribution in [0.4, 0.5) is 5.69 Å². The van der Waals surface area contributed by atoms with Gasteiger partial charge in [-0.1, -0.05) is 40.2 Å². The lowest BCUT2D eigenvalue weighted by Gasteiger charge is -2.06. The molecule has 0 amide bonds. The molecule has 102 valence electrons. The summed E-state index contributed by atoms with van der Waals surface area (Å²) in [5, 5.41) is 10.6. The Balaban J connectivity index is 2.19. The molecule has 0 aliphatic carbocycles. The van der Waals surface area contributed by atoms with Crippen molar-refractivity contribution in [2.24, 2.45) is 0 Å². The zero-order chi connectivity index (χ0) is 14.7. The van der Waals surface area contributed by atoms with Gasteiger partial charge in [0.15, 0.2) is 5.78 Å². The van der Waals surface area contributed by atoms with Crippen LogP contribution in [0.1, 0.15) is 21.5 Å². The Kier molecular flexibility index (Phi) is 4.29. The highest BCUT2D eigenvalue weighted by Gasteiger charge is 2.12. The molecule has 0 N–H and O–H groups in total. The Morgan fingerprint density at radius 3 is 2.45 bits per heavy atom. The summed E-state index contributed by atoms with van der Waals surface area (Å²) in [5.41, 5.74) is 2.36. The molecule has 0 aliphatic rings. The average Bonchev–Trinajstić information content (AvgIpc) is 2.42. The van der Waals surface area contributed by atoms with E-state index in [1.807, 2.05) is 19.1 Å². The number of carbonyl (C=O) groups is 1. The molecular formula is C15H12BrNO3. The molecule has 0 saturated carbocycles. The number of hydrogen-bond acceptors (Lipinski definition) is 3. The standard InChI is InChI=1S/C15H12BrNO3/c1-10-13(3-2-4-14(10)16)15(18)9-11-5-7-12(8-6-11)17(19)20/h2-8H,9H2,1H3. The lowest BCUT2D eigenvalue weighted by atomic mass is 9.99. The maximum Gasteiger partial charge on any atom is 0.269 e. The van der Waals surface area contributed by atoms with Crippen molar-refractivity contribution < 1.29 is 9.72 Å². The number of rotatable bonds is 4. The predicted molar refractivity (Wildman–Crippen MR) is 80.0 cm³/mol. The third-order valence-electron chi connectivity index (χ3n) is 3.08. The van der Waals surface area contributed by atoms with Gasteiger partial charge in [0.25, 0.3) is 5.69 Å². The maximum atomic E-state index is 12.3. The van der Waals surface area contributed by atoms with E-state index in [4.69, 9.17) is 0 Å². The van der Waals surface area contributed by atoms with E-state index in [2.05, 4.69) is 15.9 Å². The Morgan fingerprint density at radius 2 is 1.85 bits per heavy atom. The number of carbonyl (C=O) groups excluding carboxylic acids is 1. The summed E-state index contributed by atoms with van der Waals surface area (Å²) in [6.07, 6.45) is 0.231. The third kappa shape index (κ3) is 3.11.